The lowest BCUT2D eigenvalue weighted by molar-refractivity contribution is 0.106. The van der Waals surface area contributed by atoms with Gasteiger partial charge in [0.15, 0.2) is 0 Å². The SMILES string of the molecule is COC(C)C(C)Nc1ccc2[nH]ccc2c1. The van der Waals surface area contributed by atoms with E-state index in [2.05, 4.69) is 48.4 Å². The largest absolute Gasteiger partial charge is 0.380 e. The summed E-state index contributed by atoms with van der Waals surface area (Å²) < 4.78 is 5.29. The molecule has 2 atom stereocenters. The number of aromatic amines is 1. The van der Waals surface area contributed by atoms with E-state index in [4.69, 9.17) is 4.74 Å². The van der Waals surface area contributed by atoms with Crippen molar-refractivity contribution in [3.05, 3.63) is 30.5 Å². The van der Waals surface area contributed by atoms with E-state index < -0.39 is 0 Å². The molecule has 1 aromatic heterocycles. The second-order valence-electron chi connectivity index (χ2n) is 4.15. The molecule has 0 fully saturated rings. The van der Waals surface area contributed by atoms with E-state index in [1.165, 1.54) is 5.39 Å². The van der Waals surface area contributed by atoms with Crippen LogP contribution >= 0.6 is 0 Å². The monoisotopic (exact) mass is 218 g/mol. The van der Waals surface area contributed by atoms with Crippen molar-refractivity contribution in [2.24, 2.45) is 0 Å². The second kappa shape index (κ2) is 4.58. The van der Waals surface area contributed by atoms with Gasteiger partial charge in [-0.05, 0) is 38.1 Å². The van der Waals surface area contributed by atoms with Gasteiger partial charge < -0.3 is 15.0 Å². The maximum atomic E-state index is 5.29. The van der Waals surface area contributed by atoms with Gasteiger partial charge in [0.2, 0.25) is 0 Å². The normalized spacial score (nSPS) is 14.9. The molecule has 3 nitrogen and oxygen atoms in total. The van der Waals surface area contributed by atoms with Crippen LogP contribution < -0.4 is 5.32 Å². The van der Waals surface area contributed by atoms with Crippen LogP contribution in [-0.2, 0) is 4.74 Å². The molecule has 1 aromatic carbocycles. The number of aromatic nitrogens is 1. The van der Waals surface area contributed by atoms with E-state index in [9.17, 15) is 0 Å². The third kappa shape index (κ3) is 2.19. The Balaban J connectivity index is 2.14. The van der Waals surface area contributed by atoms with Crippen molar-refractivity contribution in [3.63, 3.8) is 0 Å². The molecule has 2 aromatic rings. The standard InChI is InChI=1S/C13H18N2O/c1-9(10(2)16-3)15-12-4-5-13-11(8-12)6-7-14-13/h4-10,14-15H,1-3H3. The zero-order valence-corrected chi connectivity index (χ0v) is 9.95. The summed E-state index contributed by atoms with van der Waals surface area (Å²) in [4.78, 5) is 3.18. The first kappa shape index (κ1) is 11.0. The summed E-state index contributed by atoms with van der Waals surface area (Å²) in [7, 11) is 1.73. The molecule has 0 aliphatic carbocycles. The van der Waals surface area contributed by atoms with E-state index in [-0.39, 0.29) is 6.10 Å². The fraction of sp³-hybridized carbons (Fsp3) is 0.385. The van der Waals surface area contributed by atoms with Crippen LogP contribution in [0.3, 0.4) is 0 Å². The van der Waals surface area contributed by atoms with Crippen molar-refractivity contribution in [2.45, 2.75) is 26.0 Å². The molecule has 0 radical (unpaired) electrons. The van der Waals surface area contributed by atoms with Gasteiger partial charge in [-0.1, -0.05) is 0 Å². The molecule has 2 N–H and O–H groups in total. The molecule has 0 aliphatic rings. The number of hydrogen-bond acceptors (Lipinski definition) is 2. The van der Waals surface area contributed by atoms with Gasteiger partial charge in [-0.15, -0.1) is 0 Å². The molecule has 0 bridgehead atoms. The van der Waals surface area contributed by atoms with Crippen LogP contribution in [0.25, 0.3) is 10.9 Å². The summed E-state index contributed by atoms with van der Waals surface area (Å²) in [5.41, 5.74) is 2.29. The Kier molecular flexibility index (Phi) is 3.15. The number of ether oxygens (including phenoxy) is 1. The minimum atomic E-state index is 0.196. The Bertz CT molecular complexity index is 464. The van der Waals surface area contributed by atoms with Crippen LogP contribution in [-0.4, -0.2) is 24.2 Å². The molecule has 2 unspecified atom stereocenters. The molecule has 86 valence electrons. The lowest BCUT2D eigenvalue weighted by Gasteiger charge is -2.21. The molecule has 0 saturated carbocycles. The topological polar surface area (TPSA) is 37.0 Å². The van der Waals surface area contributed by atoms with Crippen LogP contribution in [0.15, 0.2) is 30.5 Å². The van der Waals surface area contributed by atoms with Gasteiger partial charge in [0.1, 0.15) is 0 Å². The second-order valence-corrected chi connectivity index (χ2v) is 4.15. The van der Waals surface area contributed by atoms with Gasteiger partial charge in [-0.2, -0.15) is 0 Å². The fourth-order valence-electron chi connectivity index (χ4n) is 1.73. The molecule has 16 heavy (non-hydrogen) atoms. The van der Waals surface area contributed by atoms with Crippen molar-refractivity contribution < 1.29 is 4.74 Å². The molecule has 0 spiro atoms. The molecule has 0 amide bonds. The average Bonchev–Trinajstić information content (AvgIpc) is 2.75. The zero-order chi connectivity index (χ0) is 11.5. The van der Waals surface area contributed by atoms with E-state index in [1.54, 1.807) is 7.11 Å². The first-order valence-electron chi connectivity index (χ1n) is 5.57. The lowest BCUT2D eigenvalue weighted by Crippen LogP contribution is -2.29. The van der Waals surface area contributed by atoms with E-state index in [0.717, 1.165) is 11.2 Å². The minimum absolute atomic E-state index is 0.196. The van der Waals surface area contributed by atoms with E-state index in [0.29, 0.717) is 6.04 Å². The average molecular weight is 218 g/mol. The maximum Gasteiger partial charge on any atom is 0.0741 e. The number of rotatable bonds is 4. The van der Waals surface area contributed by atoms with Gasteiger partial charge in [-0.3, -0.25) is 0 Å². The zero-order valence-electron chi connectivity index (χ0n) is 9.95. The highest BCUT2D eigenvalue weighted by Crippen LogP contribution is 2.19. The molecular formula is C13H18N2O. The molecule has 0 saturated heterocycles. The highest BCUT2D eigenvalue weighted by Gasteiger charge is 2.10. The number of nitrogens with one attached hydrogen (secondary N) is 2. The van der Waals surface area contributed by atoms with Gasteiger partial charge in [-0.25, -0.2) is 0 Å². The summed E-state index contributed by atoms with van der Waals surface area (Å²) in [5, 5.41) is 4.66. The van der Waals surface area contributed by atoms with Gasteiger partial charge in [0.05, 0.1) is 6.10 Å². The van der Waals surface area contributed by atoms with Crippen molar-refractivity contribution in [2.75, 3.05) is 12.4 Å². The number of fused-ring (bicyclic) bond motifs is 1. The summed E-state index contributed by atoms with van der Waals surface area (Å²) >= 11 is 0. The smallest absolute Gasteiger partial charge is 0.0741 e. The highest BCUT2D eigenvalue weighted by atomic mass is 16.5. The number of methoxy groups -OCH3 is 1. The van der Waals surface area contributed by atoms with Crippen LogP contribution in [0.2, 0.25) is 0 Å². The van der Waals surface area contributed by atoms with Crippen molar-refractivity contribution in [1.29, 1.82) is 0 Å². The predicted octanol–water partition coefficient (Wildman–Crippen LogP) is 3.00. The van der Waals surface area contributed by atoms with Gasteiger partial charge >= 0.3 is 0 Å². The highest BCUT2D eigenvalue weighted by molar-refractivity contribution is 5.83. The first-order valence-corrected chi connectivity index (χ1v) is 5.57. The Morgan fingerprint density at radius 1 is 1.25 bits per heavy atom. The van der Waals surface area contributed by atoms with E-state index >= 15 is 0 Å². The van der Waals surface area contributed by atoms with Crippen molar-refractivity contribution >= 4 is 16.6 Å². The summed E-state index contributed by atoms with van der Waals surface area (Å²) in [6, 6.07) is 8.68. The number of H-pyrrole nitrogens is 1. The predicted molar refractivity (Wildman–Crippen MR) is 67.9 cm³/mol. The Morgan fingerprint density at radius 3 is 2.81 bits per heavy atom. The van der Waals surface area contributed by atoms with Crippen molar-refractivity contribution in [1.82, 2.24) is 4.98 Å². The molecular weight excluding hydrogens is 200 g/mol. The quantitative estimate of drug-likeness (QED) is 0.827. The molecule has 2 rings (SSSR count). The summed E-state index contributed by atoms with van der Waals surface area (Å²) in [5.74, 6) is 0. The van der Waals surface area contributed by atoms with Gasteiger partial charge in [0, 0.05) is 35.9 Å². The van der Waals surface area contributed by atoms with Crippen LogP contribution in [0.5, 0.6) is 0 Å². The third-order valence-electron chi connectivity index (χ3n) is 3.02. The summed E-state index contributed by atoms with van der Waals surface area (Å²) in [6.07, 6.45) is 2.15. The Hall–Kier alpha value is -1.48. The molecule has 1 heterocycles. The Labute approximate surface area is 95.8 Å². The Morgan fingerprint density at radius 2 is 2.06 bits per heavy atom. The maximum absolute atomic E-state index is 5.29. The molecule has 0 aliphatic heterocycles. The lowest BCUT2D eigenvalue weighted by atomic mass is 10.2. The number of hydrogen-bond donors (Lipinski definition) is 2. The fourth-order valence-corrected chi connectivity index (χ4v) is 1.73. The van der Waals surface area contributed by atoms with Crippen molar-refractivity contribution in [3.8, 4) is 0 Å². The summed E-state index contributed by atoms with van der Waals surface area (Å²) in [6.45, 7) is 4.18. The number of anilines is 1. The third-order valence-corrected chi connectivity index (χ3v) is 3.02. The first-order chi connectivity index (χ1) is 7.70. The molecule has 3 heteroatoms. The van der Waals surface area contributed by atoms with E-state index in [1.807, 2.05) is 6.20 Å². The van der Waals surface area contributed by atoms with Crippen LogP contribution in [0, 0.1) is 0 Å². The van der Waals surface area contributed by atoms with Crippen LogP contribution in [0.4, 0.5) is 5.69 Å². The minimum Gasteiger partial charge on any atom is -0.380 e. The van der Waals surface area contributed by atoms with Crippen LogP contribution in [0.1, 0.15) is 13.8 Å². The number of benzene rings is 1. The van der Waals surface area contributed by atoms with Gasteiger partial charge in [0.25, 0.3) is 0 Å².